The fourth-order valence-corrected chi connectivity index (χ4v) is 4.24. The van der Waals surface area contributed by atoms with Crippen LogP contribution in [0.2, 0.25) is 10.0 Å². The topological polar surface area (TPSA) is 68.0 Å². The van der Waals surface area contributed by atoms with Crippen LogP contribution in [0.3, 0.4) is 0 Å². The lowest BCUT2D eigenvalue weighted by molar-refractivity contribution is 0.0616. The molecule has 1 aromatic heterocycles. The number of carbonyl (C=O) groups is 1. The van der Waals surface area contributed by atoms with Crippen molar-refractivity contribution >= 4 is 29.1 Å². The minimum absolute atomic E-state index is 0.158. The second-order valence-electron chi connectivity index (χ2n) is 7.81. The van der Waals surface area contributed by atoms with Crippen LogP contribution in [0.25, 0.3) is 0 Å². The van der Waals surface area contributed by atoms with E-state index in [0.29, 0.717) is 52.5 Å². The number of aromatic nitrogens is 1. The van der Waals surface area contributed by atoms with Crippen molar-refractivity contribution in [3.8, 4) is 11.5 Å². The molecule has 0 bridgehead atoms. The third-order valence-corrected chi connectivity index (χ3v) is 6.28. The molecule has 1 amide bonds. The molecule has 7 nitrogen and oxygen atoms in total. The van der Waals surface area contributed by atoms with Crippen molar-refractivity contribution < 1.29 is 18.8 Å². The lowest BCUT2D eigenvalue weighted by atomic mass is 10.1. The van der Waals surface area contributed by atoms with Crippen LogP contribution in [0.4, 0.5) is 0 Å². The van der Waals surface area contributed by atoms with E-state index in [1.54, 1.807) is 25.0 Å². The van der Waals surface area contributed by atoms with Gasteiger partial charge in [-0.3, -0.25) is 9.69 Å². The minimum Gasteiger partial charge on any atom is -0.493 e. The number of hydrogen-bond acceptors (Lipinski definition) is 6. The van der Waals surface area contributed by atoms with E-state index in [4.69, 9.17) is 37.2 Å². The first kappa shape index (κ1) is 23.4. The van der Waals surface area contributed by atoms with Gasteiger partial charge >= 0.3 is 0 Å². The smallest absolute Gasteiger partial charge is 0.276 e. The summed E-state index contributed by atoms with van der Waals surface area (Å²) >= 11 is 12.3. The molecule has 0 spiro atoms. The summed E-state index contributed by atoms with van der Waals surface area (Å²) in [4.78, 5) is 17.3. The Morgan fingerprint density at radius 2 is 1.82 bits per heavy atom. The fraction of sp³-hybridized carbons (Fsp3) is 0.333. The molecular formula is C24H25Cl2N3O4. The van der Waals surface area contributed by atoms with Gasteiger partial charge in [-0.15, -0.1) is 0 Å². The fourth-order valence-electron chi connectivity index (χ4n) is 3.77. The van der Waals surface area contributed by atoms with E-state index in [0.717, 1.165) is 18.7 Å². The Labute approximate surface area is 202 Å². The van der Waals surface area contributed by atoms with Gasteiger partial charge in [-0.2, -0.15) is 0 Å². The predicted molar refractivity (Wildman–Crippen MR) is 126 cm³/mol. The van der Waals surface area contributed by atoms with Crippen molar-refractivity contribution in [1.82, 2.24) is 15.0 Å². The SMILES string of the molecule is COc1ccccc1OCc1c(C(=O)N2CCN(Cc3ccc(Cl)cc3Cl)CC2)noc1C. The predicted octanol–water partition coefficient (Wildman–Crippen LogP) is 4.84. The standard InChI is InChI=1S/C24H25Cl2N3O4/c1-16-19(15-32-22-6-4-3-5-21(22)31-2)23(27-33-16)24(30)29-11-9-28(10-12-29)14-17-7-8-18(25)13-20(17)26/h3-8,13H,9-12,14-15H2,1-2H3. The number of rotatable bonds is 7. The van der Waals surface area contributed by atoms with Crippen LogP contribution in [0.1, 0.15) is 27.4 Å². The van der Waals surface area contributed by atoms with Gasteiger partial charge in [0, 0.05) is 42.8 Å². The van der Waals surface area contributed by atoms with Gasteiger partial charge in [-0.25, -0.2) is 0 Å². The van der Waals surface area contributed by atoms with Crippen molar-refractivity contribution in [2.75, 3.05) is 33.3 Å². The van der Waals surface area contributed by atoms with Crippen molar-refractivity contribution in [2.24, 2.45) is 0 Å². The number of aryl methyl sites for hydroxylation is 1. The van der Waals surface area contributed by atoms with Crippen molar-refractivity contribution in [3.05, 3.63) is 75.1 Å². The number of nitrogens with zero attached hydrogens (tertiary/aromatic N) is 3. The van der Waals surface area contributed by atoms with E-state index in [1.165, 1.54) is 0 Å². The van der Waals surface area contributed by atoms with Crippen LogP contribution in [0, 0.1) is 6.92 Å². The van der Waals surface area contributed by atoms with Crippen molar-refractivity contribution in [2.45, 2.75) is 20.1 Å². The number of para-hydroxylation sites is 2. The van der Waals surface area contributed by atoms with Gasteiger partial charge in [0.25, 0.3) is 5.91 Å². The van der Waals surface area contributed by atoms with Crippen molar-refractivity contribution in [1.29, 1.82) is 0 Å². The van der Waals surface area contributed by atoms with Gasteiger partial charge in [0.15, 0.2) is 17.2 Å². The Morgan fingerprint density at radius 1 is 1.09 bits per heavy atom. The highest BCUT2D eigenvalue weighted by Gasteiger charge is 2.28. The third kappa shape index (κ3) is 5.43. The van der Waals surface area contributed by atoms with Gasteiger partial charge in [0.2, 0.25) is 0 Å². The van der Waals surface area contributed by atoms with Gasteiger partial charge < -0.3 is 18.9 Å². The molecule has 1 aliphatic heterocycles. The van der Waals surface area contributed by atoms with E-state index in [1.807, 2.05) is 36.4 Å². The Balaban J connectivity index is 1.38. The summed E-state index contributed by atoms with van der Waals surface area (Å²) in [6.07, 6.45) is 0. The first-order chi connectivity index (χ1) is 16.0. The number of halogens is 2. The number of hydrogen-bond donors (Lipinski definition) is 0. The van der Waals surface area contributed by atoms with E-state index in [2.05, 4.69) is 10.1 Å². The molecular weight excluding hydrogens is 465 g/mol. The number of amides is 1. The average molecular weight is 490 g/mol. The molecule has 9 heteroatoms. The maximum atomic E-state index is 13.2. The second kappa shape index (κ2) is 10.5. The molecule has 0 aliphatic carbocycles. The molecule has 2 aromatic carbocycles. The first-order valence-electron chi connectivity index (χ1n) is 10.6. The lowest BCUT2D eigenvalue weighted by Crippen LogP contribution is -2.48. The molecule has 0 radical (unpaired) electrons. The van der Waals surface area contributed by atoms with Gasteiger partial charge in [-0.05, 0) is 36.8 Å². The van der Waals surface area contributed by atoms with E-state index >= 15 is 0 Å². The summed E-state index contributed by atoms with van der Waals surface area (Å²) in [5.74, 6) is 1.61. The molecule has 174 valence electrons. The van der Waals surface area contributed by atoms with Crippen LogP contribution >= 0.6 is 23.2 Å². The van der Waals surface area contributed by atoms with Crippen LogP contribution in [-0.4, -0.2) is 54.2 Å². The van der Waals surface area contributed by atoms with E-state index in [-0.39, 0.29) is 18.2 Å². The van der Waals surface area contributed by atoms with E-state index < -0.39 is 0 Å². The quantitative estimate of drug-likeness (QED) is 0.473. The zero-order valence-electron chi connectivity index (χ0n) is 18.5. The molecule has 0 unspecified atom stereocenters. The molecule has 1 aliphatic rings. The summed E-state index contributed by atoms with van der Waals surface area (Å²) in [5, 5.41) is 5.30. The molecule has 3 aromatic rings. The summed E-state index contributed by atoms with van der Waals surface area (Å²) in [6, 6.07) is 12.9. The van der Waals surface area contributed by atoms with Gasteiger partial charge in [0.1, 0.15) is 12.4 Å². The monoisotopic (exact) mass is 489 g/mol. The maximum Gasteiger partial charge on any atom is 0.276 e. The number of carbonyl (C=O) groups excluding carboxylic acids is 1. The molecule has 2 heterocycles. The van der Waals surface area contributed by atoms with Gasteiger partial charge in [-0.1, -0.05) is 46.6 Å². The van der Waals surface area contributed by atoms with Crippen LogP contribution in [-0.2, 0) is 13.2 Å². The first-order valence-corrected chi connectivity index (χ1v) is 11.4. The van der Waals surface area contributed by atoms with Gasteiger partial charge in [0.05, 0.1) is 12.7 Å². The highest BCUT2D eigenvalue weighted by atomic mass is 35.5. The maximum absolute atomic E-state index is 13.2. The Kier molecular flexibility index (Phi) is 7.42. The Morgan fingerprint density at radius 3 is 2.52 bits per heavy atom. The van der Waals surface area contributed by atoms with Crippen LogP contribution < -0.4 is 9.47 Å². The number of methoxy groups -OCH3 is 1. The summed E-state index contributed by atoms with van der Waals surface area (Å²) in [5.41, 5.74) is 1.95. The molecule has 1 fully saturated rings. The normalized spacial score (nSPS) is 14.4. The number of piperazine rings is 1. The molecule has 33 heavy (non-hydrogen) atoms. The average Bonchev–Trinajstić information content (AvgIpc) is 3.20. The molecule has 0 atom stereocenters. The third-order valence-electron chi connectivity index (χ3n) is 5.70. The zero-order chi connectivity index (χ0) is 23.4. The lowest BCUT2D eigenvalue weighted by Gasteiger charge is -2.34. The summed E-state index contributed by atoms with van der Waals surface area (Å²) < 4.78 is 16.6. The largest absolute Gasteiger partial charge is 0.493 e. The highest BCUT2D eigenvalue weighted by Crippen LogP contribution is 2.28. The van der Waals surface area contributed by atoms with Crippen LogP contribution in [0.5, 0.6) is 11.5 Å². The Bertz CT molecular complexity index is 1130. The Hall–Kier alpha value is -2.74. The zero-order valence-corrected chi connectivity index (χ0v) is 20.0. The molecule has 0 saturated carbocycles. The highest BCUT2D eigenvalue weighted by molar-refractivity contribution is 6.35. The van der Waals surface area contributed by atoms with Crippen molar-refractivity contribution in [3.63, 3.8) is 0 Å². The summed E-state index contributed by atoms with van der Waals surface area (Å²) in [7, 11) is 1.59. The molecule has 0 N–H and O–H groups in total. The molecule has 4 rings (SSSR count). The number of benzene rings is 2. The second-order valence-corrected chi connectivity index (χ2v) is 8.65. The minimum atomic E-state index is -0.158. The number of ether oxygens (including phenoxy) is 2. The van der Waals surface area contributed by atoms with E-state index in [9.17, 15) is 4.79 Å². The summed E-state index contributed by atoms with van der Waals surface area (Å²) in [6.45, 7) is 5.28. The van der Waals surface area contributed by atoms with Crippen LogP contribution in [0.15, 0.2) is 47.0 Å². The molecule has 1 saturated heterocycles.